The van der Waals surface area contributed by atoms with Gasteiger partial charge in [-0.05, 0) is 41.8 Å². The molecule has 29 heavy (non-hydrogen) atoms. The summed E-state index contributed by atoms with van der Waals surface area (Å²) in [6.07, 6.45) is 0. The van der Waals surface area contributed by atoms with Crippen molar-refractivity contribution in [1.82, 2.24) is 15.1 Å². The molecule has 1 aromatic carbocycles. The second-order valence-electron chi connectivity index (χ2n) is 6.60. The van der Waals surface area contributed by atoms with Gasteiger partial charge in [0.2, 0.25) is 0 Å². The summed E-state index contributed by atoms with van der Waals surface area (Å²) in [4.78, 5) is 18.1. The van der Waals surface area contributed by atoms with Gasteiger partial charge in [-0.15, -0.1) is 21.5 Å². The summed E-state index contributed by atoms with van der Waals surface area (Å²) in [6.45, 7) is 2.61. The average Bonchev–Trinajstić information content (AvgIpc) is 3.33. The fraction of sp³-hybridized carbons (Fsp3) is 0.286. The summed E-state index contributed by atoms with van der Waals surface area (Å²) in [7, 11) is 3.15. The lowest BCUT2D eigenvalue weighted by atomic mass is 10.1. The number of aromatic nitrogens is 2. The molecular formula is C21H22N4O3S. The maximum Gasteiger partial charge on any atom is 0.257 e. The minimum atomic E-state index is -0.0560. The van der Waals surface area contributed by atoms with Crippen molar-refractivity contribution in [2.45, 2.75) is 0 Å². The van der Waals surface area contributed by atoms with E-state index >= 15 is 0 Å². The molecule has 0 radical (unpaired) electrons. The lowest BCUT2D eigenvalue weighted by Crippen LogP contribution is -2.49. The number of benzene rings is 1. The van der Waals surface area contributed by atoms with E-state index < -0.39 is 0 Å². The summed E-state index contributed by atoms with van der Waals surface area (Å²) >= 11 is 1.64. The Hall–Kier alpha value is -3.13. The van der Waals surface area contributed by atoms with Crippen LogP contribution in [0.25, 0.3) is 10.6 Å². The van der Waals surface area contributed by atoms with Gasteiger partial charge >= 0.3 is 0 Å². The first kappa shape index (κ1) is 19.2. The highest BCUT2D eigenvalue weighted by Gasteiger charge is 2.25. The number of ether oxygens (including phenoxy) is 2. The van der Waals surface area contributed by atoms with E-state index in [1.807, 2.05) is 34.5 Å². The van der Waals surface area contributed by atoms with E-state index in [2.05, 4.69) is 15.1 Å². The van der Waals surface area contributed by atoms with Gasteiger partial charge in [-0.2, -0.15) is 0 Å². The van der Waals surface area contributed by atoms with Crippen LogP contribution in [0.5, 0.6) is 11.5 Å². The first-order valence-electron chi connectivity index (χ1n) is 9.33. The first-order chi connectivity index (χ1) is 14.2. The third-order valence-electron chi connectivity index (χ3n) is 4.95. The van der Waals surface area contributed by atoms with Crippen molar-refractivity contribution >= 4 is 23.1 Å². The molecule has 3 heterocycles. The Bertz CT molecular complexity index is 968. The Balaban J connectivity index is 1.42. The third kappa shape index (κ3) is 4.02. The van der Waals surface area contributed by atoms with Crippen molar-refractivity contribution in [2.75, 3.05) is 45.3 Å². The number of carbonyl (C=O) groups excluding carboxylic acids is 1. The Morgan fingerprint density at radius 1 is 1.00 bits per heavy atom. The van der Waals surface area contributed by atoms with E-state index in [4.69, 9.17) is 9.47 Å². The van der Waals surface area contributed by atoms with Crippen LogP contribution in [-0.2, 0) is 0 Å². The van der Waals surface area contributed by atoms with Gasteiger partial charge in [-0.3, -0.25) is 4.79 Å². The summed E-state index contributed by atoms with van der Waals surface area (Å²) in [5.41, 5.74) is 1.39. The number of rotatable bonds is 5. The van der Waals surface area contributed by atoms with E-state index in [9.17, 15) is 4.79 Å². The van der Waals surface area contributed by atoms with E-state index in [0.717, 1.165) is 16.4 Å². The standard InChI is InChI=1S/C21H22N4O3S/c1-27-15-5-7-18(28-2)16(14-15)21(26)25-11-9-24(10-12-25)20-8-6-17(22-23-20)19-4-3-13-29-19/h3-8,13-14H,9-12H2,1-2H3. The van der Waals surface area contributed by atoms with E-state index in [1.165, 1.54) is 0 Å². The van der Waals surface area contributed by atoms with Crippen LogP contribution in [-0.4, -0.2) is 61.4 Å². The van der Waals surface area contributed by atoms with Gasteiger partial charge in [0, 0.05) is 26.2 Å². The number of methoxy groups -OCH3 is 2. The van der Waals surface area contributed by atoms with Crippen molar-refractivity contribution in [3.8, 4) is 22.1 Å². The average molecular weight is 410 g/mol. The number of hydrogen-bond acceptors (Lipinski definition) is 7. The van der Waals surface area contributed by atoms with E-state index in [0.29, 0.717) is 43.2 Å². The first-order valence-corrected chi connectivity index (χ1v) is 10.2. The van der Waals surface area contributed by atoms with Crippen LogP contribution in [0.15, 0.2) is 47.8 Å². The Labute approximate surface area is 173 Å². The predicted molar refractivity (Wildman–Crippen MR) is 113 cm³/mol. The summed E-state index contributed by atoms with van der Waals surface area (Å²) in [6, 6.07) is 13.3. The molecule has 8 heteroatoms. The zero-order chi connectivity index (χ0) is 20.2. The number of thiophene rings is 1. The molecule has 1 saturated heterocycles. The molecule has 0 unspecified atom stereocenters. The van der Waals surface area contributed by atoms with E-state index in [-0.39, 0.29) is 5.91 Å². The zero-order valence-electron chi connectivity index (χ0n) is 16.4. The predicted octanol–water partition coefficient (Wildman–Crippen LogP) is 3.18. The lowest BCUT2D eigenvalue weighted by Gasteiger charge is -2.35. The molecule has 4 rings (SSSR count). The highest BCUT2D eigenvalue weighted by atomic mass is 32.1. The van der Waals surface area contributed by atoms with Gasteiger partial charge < -0.3 is 19.3 Å². The van der Waals surface area contributed by atoms with Crippen LogP contribution in [0.1, 0.15) is 10.4 Å². The molecule has 1 amide bonds. The monoisotopic (exact) mass is 410 g/mol. The molecule has 2 aromatic heterocycles. The molecule has 1 aliphatic heterocycles. The Kier molecular flexibility index (Phi) is 5.62. The van der Waals surface area contributed by atoms with Gasteiger partial charge in [0.1, 0.15) is 17.2 Å². The number of anilines is 1. The molecule has 0 atom stereocenters. The number of piperazine rings is 1. The largest absolute Gasteiger partial charge is 0.497 e. The quantitative estimate of drug-likeness (QED) is 0.644. The van der Waals surface area contributed by atoms with Gasteiger partial charge in [-0.1, -0.05) is 6.07 Å². The molecule has 0 spiro atoms. The molecule has 7 nitrogen and oxygen atoms in total. The van der Waals surface area contributed by atoms with Crippen molar-refractivity contribution in [1.29, 1.82) is 0 Å². The van der Waals surface area contributed by atoms with Crippen LogP contribution in [0.4, 0.5) is 5.82 Å². The molecular weight excluding hydrogens is 388 g/mol. The molecule has 0 N–H and O–H groups in total. The van der Waals surface area contributed by atoms with Crippen LogP contribution >= 0.6 is 11.3 Å². The van der Waals surface area contributed by atoms with Crippen LogP contribution in [0, 0.1) is 0 Å². The second-order valence-corrected chi connectivity index (χ2v) is 7.55. The molecule has 3 aromatic rings. The topological polar surface area (TPSA) is 67.8 Å². The summed E-state index contributed by atoms with van der Waals surface area (Å²) < 4.78 is 10.6. The SMILES string of the molecule is COc1ccc(OC)c(C(=O)N2CCN(c3ccc(-c4cccs4)nn3)CC2)c1. The van der Waals surface area contributed by atoms with Crippen molar-refractivity contribution < 1.29 is 14.3 Å². The number of hydrogen-bond donors (Lipinski definition) is 0. The minimum absolute atomic E-state index is 0.0560. The van der Waals surface area contributed by atoms with Crippen LogP contribution in [0.3, 0.4) is 0 Å². The maximum atomic E-state index is 13.0. The maximum absolute atomic E-state index is 13.0. The summed E-state index contributed by atoms with van der Waals surface area (Å²) in [5.74, 6) is 1.96. The fourth-order valence-corrected chi connectivity index (χ4v) is 4.03. The zero-order valence-corrected chi connectivity index (χ0v) is 17.2. The Morgan fingerprint density at radius 2 is 1.83 bits per heavy atom. The number of amides is 1. The highest BCUT2D eigenvalue weighted by Crippen LogP contribution is 2.27. The van der Waals surface area contributed by atoms with Gasteiger partial charge in [0.25, 0.3) is 5.91 Å². The molecule has 1 fully saturated rings. The fourth-order valence-electron chi connectivity index (χ4n) is 3.34. The van der Waals surface area contributed by atoms with Crippen molar-refractivity contribution in [2.24, 2.45) is 0 Å². The van der Waals surface area contributed by atoms with Gasteiger partial charge in [0.15, 0.2) is 5.82 Å². The van der Waals surface area contributed by atoms with Crippen LogP contribution in [0.2, 0.25) is 0 Å². The number of nitrogens with zero attached hydrogens (tertiary/aromatic N) is 4. The molecule has 150 valence electrons. The van der Waals surface area contributed by atoms with Gasteiger partial charge in [0.05, 0.1) is 24.7 Å². The van der Waals surface area contributed by atoms with Crippen molar-refractivity contribution in [3.63, 3.8) is 0 Å². The molecule has 0 bridgehead atoms. The molecule has 0 saturated carbocycles. The van der Waals surface area contributed by atoms with Crippen molar-refractivity contribution in [3.05, 3.63) is 53.4 Å². The lowest BCUT2D eigenvalue weighted by molar-refractivity contribution is 0.0742. The highest BCUT2D eigenvalue weighted by molar-refractivity contribution is 7.13. The molecule has 0 aliphatic carbocycles. The second kappa shape index (κ2) is 8.48. The van der Waals surface area contributed by atoms with Gasteiger partial charge in [-0.25, -0.2) is 0 Å². The number of carbonyl (C=O) groups is 1. The van der Waals surface area contributed by atoms with E-state index in [1.54, 1.807) is 43.8 Å². The minimum Gasteiger partial charge on any atom is -0.497 e. The smallest absolute Gasteiger partial charge is 0.257 e. The normalized spacial score (nSPS) is 14.0. The molecule has 1 aliphatic rings. The van der Waals surface area contributed by atoms with Crippen LogP contribution < -0.4 is 14.4 Å². The Morgan fingerprint density at radius 3 is 2.45 bits per heavy atom. The summed E-state index contributed by atoms with van der Waals surface area (Å²) in [5, 5.41) is 10.8. The third-order valence-corrected chi connectivity index (χ3v) is 5.84.